The van der Waals surface area contributed by atoms with Gasteiger partial charge in [0.05, 0.1) is 5.92 Å². The van der Waals surface area contributed by atoms with Crippen LogP contribution in [-0.4, -0.2) is 36.5 Å². The van der Waals surface area contributed by atoms with Crippen LogP contribution in [0.5, 0.6) is 0 Å². The second-order valence-electron chi connectivity index (χ2n) is 3.67. The molecule has 0 aliphatic heterocycles. The summed E-state index contributed by atoms with van der Waals surface area (Å²) in [4.78, 5) is 11.7. The molecule has 1 aromatic carbocycles. The maximum Gasteiger partial charge on any atom is 0.306 e. The van der Waals surface area contributed by atoms with E-state index in [9.17, 15) is 9.90 Å². The van der Waals surface area contributed by atoms with Crippen LogP contribution in [0.25, 0.3) is 0 Å². The summed E-state index contributed by atoms with van der Waals surface area (Å²) in [6, 6.07) is 8.93. The normalized spacial score (nSPS) is 19.8. The van der Waals surface area contributed by atoms with E-state index in [1.54, 1.807) is 24.3 Å². The van der Waals surface area contributed by atoms with Crippen LogP contribution >= 0.6 is 0 Å². The fourth-order valence-electron chi connectivity index (χ4n) is 1.50. The fraction of sp³-hybridized carbons (Fsp3) is 0.462. The van der Waals surface area contributed by atoms with Gasteiger partial charge in [0.1, 0.15) is 0 Å². The Morgan fingerprint density at radius 1 is 1.44 bits per heavy atom. The number of hydrogen-bond donors (Lipinski definition) is 1. The smallest absolute Gasteiger partial charge is 0.306 e. The van der Waals surface area contributed by atoms with Crippen LogP contribution in [0.4, 0.5) is 0 Å². The van der Waals surface area contributed by atoms with Gasteiger partial charge in [0, 0.05) is 8.22 Å². The average molecular weight is 227 g/mol. The van der Waals surface area contributed by atoms with E-state index in [4.69, 9.17) is 8.22 Å². The van der Waals surface area contributed by atoms with E-state index >= 15 is 0 Å². The molecule has 0 aliphatic rings. The Kier molecular flexibility index (Phi) is 2.51. The summed E-state index contributed by atoms with van der Waals surface area (Å²) in [5, 5.41) is 9.25. The number of rotatable bonds is 6. The van der Waals surface area contributed by atoms with Crippen molar-refractivity contribution in [1.29, 1.82) is 0 Å². The van der Waals surface area contributed by atoms with Crippen molar-refractivity contribution in [1.82, 2.24) is 4.90 Å². The first-order chi connectivity index (χ1) is 10.0. The summed E-state index contributed by atoms with van der Waals surface area (Å²) >= 11 is 0. The Morgan fingerprint density at radius 2 is 2.12 bits per heavy atom. The Hall–Kier alpha value is -1.35. The highest BCUT2D eigenvalue weighted by Gasteiger charge is 2.17. The molecule has 1 rings (SSSR count). The number of carbonyl (C=O) groups is 1. The van der Waals surface area contributed by atoms with Crippen molar-refractivity contribution in [2.75, 3.05) is 20.5 Å². The first-order valence-electron chi connectivity index (χ1n) is 8.06. The van der Waals surface area contributed by atoms with Crippen molar-refractivity contribution in [3.8, 4) is 0 Å². The molecule has 0 saturated heterocycles. The predicted molar refractivity (Wildman–Crippen MR) is 64.4 cm³/mol. The van der Waals surface area contributed by atoms with Gasteiger partial charge in [-0.2, -0.15) is 0 Å². The number of benzene rings is 1. The van der Waals surface area contributed by atoms with Gasteiger partial charge in [-0.3, -0.25) is 4.79 Å². The Balaban J connectivity index is 2.77. The summed E-state index contributed by atoms with van der Waals surface area (Å²) in [5.41, 5.74) is 0.809. The monoisotopic (exact) mass is 227 g/mol. The molecule has 1 unspecified atom stereocenters. The van der Waals surface area contributed by atoms with E-state index in [-0.39, 0.29) is 19.4 Å². The van der Waals surface area contributed by atoms with Crippen LogP contribution in [0.3, 0.4) is 0 Å². The second kappa shape index (κ2) is 6.28. The summed E-state index contributed by atoms with van der Waals surface area (Å²) in [6.07, 6.45) is 0.174. The third-order valence-corrected chi connectivity index (χ3v) is 2.38. The molecule has 0 spiro atoms. The van der Waals surface area contributed by atoms with Crippen LogP contribution in [0.1, 0.15) is 20.2 Å². The van der Waals surface area contributed by atoms with Gasteiger partial charge in [-0.15, -0.1) is 0 Å². The minimum atomic E-state index is -2.79. The average Bonchev–Trinajstić information content (AvgIpc) is 2.35. The SMILES string of the molecule is [2H]C([2H])([2H])N(CCC(Cc1ccccc1)C(=O)O)C([2H])([2H])[2H]. The van der Waals surface area contributed by atoms with Gasteiger partial charge in [-0.05, 0) is 38.9 Å². The Morgan fingerprint density at radius 3 is 2.69 bits per heavy atom. The Labute approximate surface area is 105 Å². The molecule has 0 aliphatic carbocycles. The molecule has 0 bridgehead atoms. The van der Waals surface area contributed by atoms with Crippen LogP contribution in [0.2, 0.25) is 0 Å². The lowest BCUT2D eigenvalue weighted by atomic mass is 9.96. The lowest BCUT2D eigenvalue weighted by Gasteiger charge is -2.15. The number of carboxylic acid groups (broad SMARTS) is 1. The fourth-order valence-corrected chi connectivity index (χ4v) is 1.50. The zero-order chi connectivity index (χ0) is 17.0. The lowest BCUT2D eigenvalue weighted by Crippen LogP contribution is -2.23. The van der Waals surface area contributed by atoms with Crippen molar-refractivity contribution in [3.63, 3.8) is 0 Å². The van der Waals surface area contributed by atoms with Crippen LogP contribution in [0, 0.1) is 5.92 Å². The van der Waals surface area contributed by atoms with Crippen molar-refractivity contribution in [2.45, 2.75) is 12.8 Å². The first kappa shape index (κ1) is 6.40. The van der Waals surface area contributed by atoms with Gasteiger partial charge >= 0.3 is 5.97 Å². The van der Waals surface area contributed by atoms with E-state index in [1.807, 2.05) is 6.07 Å². The van der Waals surface area contributed by atoms with E-state index in [0.717, 1.165) is 5.56 Å². The third-order valence-electron chi connectivity index (χ3n) is 2.38. The highest BCUT2D eigenvalue weighted by molar-refractivity contribution is 5.70. The quantitative estimate of drug-likeness (QED) is 0.806. The molecule has 1 N–H and O–H groups in total. The highest BCUT2D eigenvalue weighted by Crippen LogP contribution is 2.12. The van der Waals surface area contributed by atoms with Gasteiger partial charge < -0.3 is 10.0 Å². The van der Waals surface area contributed by atoms with E-state index in [1.165, 1.54) is 0 Å². The highest BCUT2D eigenvalue weighted by atomic mass is 16.4. The number of aliphatic carboxylic acids is 1. The molecule has 0 heterocycles. The standard InChI is InChI=1S/C13H19NO2/c1-14(2)9-8-12(13(15)16)10-11-6-4-3-5-7-11/h3-7,12H,8-10H2,1-2H3,(H,15,16)/i1D3,2D3. The van der Waals surface area contributed by atoms with Crippen molar-refractivity contribution < 1.29 is 18.1 Å². The molecule has 0 radical (unpaired) electrons. The molecule has 1 atom stereocenters. The zero-order valence-electron chi connectivity index (χ0n) is 14.9. The largest absolute Gasteiger partial charge is 0.481 e. The van der Waals surface area contributed by atoms with E-state index < -0.39 is 25.8 Å². The summed E-state index contributed by atoms with van der Waals surface area (Å²) in [5.74, 6) is -1.91. The second-order valence-corrected chi connectivity index (χ2v) is 3.67. The number of hydrogen-bond acceptors (Lipinski definition) is 2. The molecule has 3 heteroatoms. The number of carboxylic acids is 1. The third kappa shape index (κ3) is 4.45. The van der Waals surface area contributed by atoms with Crippen LogP contribution in [0.15, 0.2) is 30.3 Å². The van der Waals surface area contributed by atoms with Crippen molar-refractivity contribution >= 4 is 5.97 Å². The van der Waals surface area contributed by atoms with Crippen LogP contribution in [-0.2, 0) is 11.2 Å². The van der Waals surface area contributed by atoms with Gasteiger partial charge in [-0.25, -0.2) is 0 Å². The Bertz CT molecular complexity index is 472. The van der Waals surface area contributed by atoms with Crippen LogP contribution < -0.4 is 0 Å². The van der Waals surface area contributed by atoms with Gasteiger partial charge in [0.15, 0.2) is 0 Å². The maximum atomic E-state index is 11.3. The molecular formula is C13H19NO2. The minimum Gasteiger partial charge on any atom is -0.481 e. The zero-order valence-corrected chi connectivity index (χ0v) is 8.89. The lowest BCUT2D eigenvalue weighted by molar-refractivity contribution is -0.142. The van der Waals surface area contributed by atoms with E-state index in [2.05, 4.69) is 0 Å². The minimum absolute atomic E-state index is 0.0546. The van der Waals surface area contributed by atoms with Gasteiger partial charge in [0.25, 0.3) is 0 Å². The first-order valence-corrected chi connectivity index (χ1v) is 5.06. The molecule has 0 fully saturated rings. The molecule has 0 amide bonds. The molecular weight excluding hydrogens is 202 g/mol. The summed E-state index contributed by atoms with van der Waals surface area (Å²) < 4.78 is 43.6. The molecule has 88 valence electrons. The summed E-state index contributed by atoms with van der Waals surface area (Å²) in [6.45, 7) is -5.92. The van der Waals surface area contributed by atoms with E-state index in [0.29, 0.717) is 4.90 Å². The number of nitrogens with zero attached hydrogens (tertiary/aromatic N) is 1. The van der Waals surface area contributed by atoms with Gasteiger partial charge in [0.2, 0.25) is 0 Å². The molecule has 16 heavy (non-hydrogen) atoms. The van der Waals surface area contributed by atoms with Gasteiger partial charge in [-0.1, -0.05) is 30.3 Å². The maximum absolute atomic E-state index is 11.3. The molecule has 1 aromatic rings. The predicted octanol–water partition coefficient (Wildman–Crippen LogP) is 1.88. The van der Waals surface area contributed by atoms with Crippen molar-refractivity contribution in [2.24, 2.45) is 5.92 Å². The molecule has 0 saturated carbocycles. The summed E-state index contributed by atoms with van der Waals surface area (Å²) in [7, 11) is 0. The molecule has 0 aromatic heterocycles. The van der Waals surface area contributed by atoms with Crippen molar-refractivity contribution in [3.05, 3.63) is 35.9 Å². The molecule has 3 nitrogen and oxygen atoms in total. The topological polar surface area (TPSA) is 40.5 Å².